The van der Waals surface area contributed by atoms with Crippen LogP contribution in [-0.4, -0.2) is 9.78 Å². The standard InChI is InChI=1S/C12H12ClN3/c13-11-7-16(15-12(11)14)6-9-5-8-3-1-2-4-10(8)9/h1-4,7,9H,5-6H2,(H2,14,15). The smallest absolute Gasteiger partial charge is 0.164 e. The molecule has 1 aliphatic rings. The van der Waals surface area contributed by atoms with Crippen LogP contribution in [0.5, 0.6) is 0 Å². The van der Waals surface area contributed by atoms with Crippen LogP contribution in [0.3, 0.4) is 0 Å². The molecule has 4 heteroatoms. The Hall–Kier alpha value is -1.48. The maximum Gasteiger partial charge on any atom is 0.164 e. The number of hydrogen-bond acceptors (Lipinski definition) is 2. The lowest BCUT2D eigenvalue weighted by molar-refractivity contribution is 0.476. The molecule has 2 aromatic rings. The molecule has 0 saturated heterocycles. The quantitative estimate of drug-likeness (QED) is 0.866. The van der Waals surface area contributed by atoms with Gasteiger partial charge in [0, 0.05) is 18.7 Å². The highest BCUT2D eigenvalue weighted by molar-refractivity contribution is 6.32. The highest BCUT2D eigenvalue weighted by Crippen LogP contribution is 2.36. The van der Waals surface area contributed by atoms with Crippen LogP contribution in [0.2, 0.25) is 5.02 Å². The van der Waals surface area contributed by atoms with Gasteiger partial charge in [-0.05, 0) is 17.5 Å². The minimum atomic E-state index is 0.411. The number of halogens is 1. The van der Waals surface area contributed by atoms with Gasteiger partial charge in [-0.15, -0.1) is 0 Å². The lowest BCUT2D eigenvalue weighted by atomic mass is 9.78. The van der Waals surface area contributed by atoms with Gasteiger partial charge in [0.1, 0.15) is 5.02 Å². The molecule has 1 aromatic heterocycles. The Labute approximate surface area is 98.8 Å². The van der Waals surface area contributed by atoms with Gasteiger partial charge in [-0.2, -0.15) is 5.10 Å². The SMILES string of the molecule is Nc1nn(CC2Cc3ccccc32)cc1Cl. The number of aromatic nitrogens is 2. The molecule has 16 heavy (non-hydrogen) atoms. The first-order chi connectivity index (χ1) is 7.74. The second-order valence-corrected chi connectivity index (χ2v) is 4.59. The molecule has 1 atom stereocenters. The van der Waals surface area contributed by atoms with Crippen molar-refractivity contribution in [3.05, 3.63) is 46.6 Å². The van der Waals surface area contributed by atoms with Crippen molar-refractivity contribution in [3.8, 4) is 0 Å². The Kier molecular flexibility index (Phi) is 2.14. The monoisotopic (exact) mass is 233 g/mol. The van der Waals surface area contributed by atoms with Crippen LogP contribution in [-0.2, 0) is 13.0 Å². The normalized spacial score (nSPS) is 17.9. The molecule has 82 valence electrons. The molecule has 0 amide bonds. The summed E-state index contributed by atoms with van der Waals surface area (Å²) in [6, 6.07) is 8.52. The van der Waals surface area contributed by atoms with Crippen molar-refractivity contribution in [2.75, 3.05) is 5.73 Å². The first-order valence-electron chi connectivity index (χ1n) is 5.30. The summed E-state index contributed by atoms with van der Waals surface area (Å²) in [5.74, 6) is 0.959. The third kappa shape index (κ3) is 1.48. The van der Waals surface area contributed by atoms with Crippen LogP contribution in [0.15, 0.2) is 30.5 Å². The van der Waals surface area contributed by atoms with Crippen molar-refractivity contribution in [1.82, 2.24) is 9.78 Å². The molecule has 0 spiro atoms. The van der Waals surface area contributed by atoms with E-state index < -0.39 is 0 Å². The Bertz CT molecular complexity index is 513. The van der Waals surface area contributed by atoms with Gasteiger partial charge in [0.15, 0.2) is 5.82 Å². The lowest BCUT2D eigenvalue weighted by Gasteiger charge is -2.29. The van der Waals surface area contributed by atoms with Gasteiger partial charge in [0.2, 0.25) is 0 Å². The highest BCUT2D eigenvalue weighted by atomic mass is 35.5. The fourth-order valence-electron chi connectivity index (χ4n) is 2.26. The number of rotatable bonds is 2. The first kappa shape index (κ1) is 9.73. The molecule has 3 rings (SSSR count). The average molecular weight is 234 g/mol. The fraction of sp³-hybridized carbons (Fsp3) is 0.250. The number of nitrogen functional groups attached to an aromatic ring is 1. The second kappa shape index (κ2) is 3.52. The summed E-state index contributed by atoms with van der Waals surface area (Å²) in [5, 5.41) is 4.70. The van der Waals surface area contributed by atoms with Crippen molar-refractivity contribution in [3.63, 3.8) is 0 Å². The largest absolute Gasteiger partial charge is 0.381 e. The number of fused-ring (bicyclic) bond motifs is 1. The zero-order valence-electron chi connectivity index (χ0n) is 8.73. The molecule has 0 saturated carbocycles. The summed E-state index contributed by atoms with van der Waals surface area (Å²) in [5.41, 5.74) is 8.47. The van der Waals surface area contributed by atoms with E-state index in [0.29, 0.717) is 16.8 Å². The van der Waals surface area contributed by atoms with E-state index in [2.05, 4.69) is 29.4 Å². The van der Waals surface area contributed by atoms with E-state index in [-0.39, 0.29) is 0 Å². The van der Waals surface area contributed by atoms with E-state index in [1.165, 1.54) is 11.1 Å². The maximum absolute atomic E-state index is 5.87. The summed E-state index contributed by atoms with van der Waals surface area (Å²) in [6.45, 7) is 0.855. The zero-order chi connectivity index (χ0) is 11.1. The minimum absolute atomic E-state index is 0.411. The zero-order valence-corrected chi connectivity index (χ0v) is 9.48. The minimum Gasteiger partial charge on any atom is -0.381 e. The Morgan fingerprint density at radius 1 is 1.44 bits per heavy atom. The van der Waals surface area contributed by atoms with Gasteiger partial charge in [-0.3, -0.25) is 4.68 Å². The molecule has 1 unspecified atom stereocenters. The van der Waals surface area contributed by atoms with Crippen LogP contribution in [0, 0.1) is 0 Å². The van der Waals surface area contributed by atoms with Crippen molar-refractivity contribution in [2.45, 2.75) is 18.9 Å². The molecule has 1 aliphatic carbocycles. The van der Waals surface area contributed by atoms with Gasteiger partial charge in [-0.1, -0.05) is 35.9 Å². The molecule has 0 aliphatic heterocycles. The molecule has 0 radical (unpaired) electrons. The van der Waals surface area contributed by atoms with E-state index in [4.69, 9.17) is 17.3 Å². The highest BCUT2D eigenvalue weighted by Gasteiger charge is 2.25. The van der Waals surface area contributed by atoms with E-state index in [9.17, 15) is 0 Å². The Morgan fingerprint density at radius 2 is 2.25 bits per heavy atom. The van der Waals surface area contributed by atoms with Gasteiger partial charge < -0.3 is 5.73 Å². The van der Waals surface area contributed by atoms with Crippen molar-refractivity contribution >= 4 is 17.4 Å². The number of anilines is 1. The summed E-state index contributed by atoms with van der Waals surface area (Å²) in [4.78, 5) is 0. The molecule has 0 bridgehead atoms. The van der Waals surface area contributed by atoms with E-state index >= 15 is 0 Å². The van der Waals surface area contributed by atoms with Gasteiger partial charge >= 0.3 is 0 Å². The number of nitrogens with two attached hydrogens (primary N) is 1. The number of nitrogens with zero attached hydrogens (tertiary/aromatic N) is 2. The topological polar surface area (TPSA) is 43.8 Å². The maximum atomic E-state index is 5.87. The molecular weight excluding hydrogens is 222 g/mol. The summed E-state index contributed by atoms with van der Waals surface area (Å²) in [6.07, 6.45) is 2.91. The van der Waals surface area contributed by atoms with Crippen molar-refractivity contribution < 1.29 is 0 Å². The van der Waals surface area contributed by atoms with Crippen LogP contribution in [0.1, 0.15) is 17.0 Å². The van der Waals surface area contributed by atoms with Crippen molar-refractivity contribution in [2.24, 2.45) is 0 Å². The molecule has 3 nitrogen and oxygen atoms in total. The molecule has 1 heterocycles. The number of hydrogen-bond donors (Lipinski definition) is 1. The first-order valence-corrected chi connectivity index (χ1v) is 5.68. The third-order valence-corrected chi connectivity index (χ3v) is 3.40. The molecular formula is C12H12ClN3. The molecule has 0 fully saturated rings. The van der Waals surface area contributed by atoms with Crippen molar-refractivity contribution in [1.29, 1.82) is 0 Å². The van der Waals surface area contributed by atoms with Gasteiger partial charge in [-0.25, -0.2) is 0 Å². The lowest BCUT2D eigenvalue weighted by Crippen LogP contribution is -2.22. The Balaban J connectivity index is 1.79. The summed E-state index contributed by atoms with van der Waals surface area (Å²) in [7, 11) is 0. The predicted molar refractivity (Wildman–Crippen MR) is 64.5 cm³/mol. The summed E-state index contributed by atoms with van der Waals surface area (Å²) < 4.78 is 1.83. The van der Waals surface area contributed by atoms with Crippen LogP contribution in [0.4, 0.5) is 5.82 Å². The van der Waals surface area contributed by atoms with E-state index in [1.54, 1.807) is 6.20 Å². The second-order valence-electron chi connectivity index (χ2n) is 4.18. The molecule has 2 N–H and O–H groups in total. The van der Waals surface area contributed by atoms with E-state index in [1.807, 2.05) is 4.68 Å². The van der Waals surface area contributed by atoms with Crippen LogP contribution >= 0.6 is 11.6 Å². The Morgan fingerprint density at radius 3 is 2.94 bits per heavy atom. The van der Waals surface area contributed by atoms with Crippen LogP contribution in [0.25, 0.3) is 0 Å². The molecule has 1 aromatic carbocycles. The number of benzene rings is 1. The van der Waals surface area contributed by atoms with Gasteiger partial charge in [0.05, 0.1) is 0 Å². The van der Waals surface area contributed by atoms with E-state index in [0.717, 1.165) is 13.0 Å². The van der Waals surface area contributed by atoms with Crippen LogP contribution < -0.4 is 5.73 Å². The fourth-order valence-corrected chi connectivity index (χ4v) is 2.41. The van der Waals surface area contributed by atoms with Gasteiger partial charge in [0.25, 0.3) is 0 Å². The predicted octanol–water partition coefficient (Wildman–Crippen LogP) is 2.46. The average Bonchev–Trinajstić information content (AvgIpc) is 2.55. The summed E-state index contributed by atoms with van der Waals surface area (Å²) >= 11 is 5.87. The third-order valence-electron chi connectivity index (χ3n) is 3.11.